The number of carbonyl (C=O) groups excluding carboxylic acids is 2. The number of hydrogen-bond donors (Lipinski definition) is 0. The molecule has 1 aliphatic rings. The summed E-state index contributed by atoms with van der Waals surface area (Å²) < 4.78 is 10.5. The molecular weight excluding hydrogens is 256 g/mol. The zero-order chi connectivity index (χ0) is 14.4. The number of esters is 1. The van der Waals surface area contributed by atoms with Crippen LogP contribution in [-0.2, 0) is 4.74 Å². The smallest absolute Gasteiger partial charge is 0.341 e. The molecule has 0 aromatic heterocycles. The van der Waals surface area contributed by atoms with Gasteiger partial charge in [0.25, 0.3) is 0 Å². The summed E-state index contributed by atoms with van der Waals surface area (Å²) in [4.78, 5) is 22.5. The van der Waals surface area contributed by atoms with Gasteiger partial charge < -0.3 is 9.47 Å². The maximum atomic E-state index is 11.7. The Balaban J connectivity index is 2.09. The van der Waals surface area contributed by atoms with Crippen molar-refractivity contribution < 1.29 is 19.1 Å². The molecule has 0 unspecified atom stereocenters. The molecule has 0 saturated heterocycles. The first-order chi connectivity index (χ1) is 9.74. The molecule has 1 saturated carbocycles. The number of aldehydes is 1. The van der Waals surface area contributed by atoms with Crippen molar-refractivity contribution in [3.63, 3.8) is 0 Å². The van der Waals surface area contributed by atoms with Gasteiger partial charge in [-0.25, -0.2) is 4.79 Å². The minimum absolute atomic E-state index is 0.313. The molecule has 1 aromatic carbocycles. The van der Waals surface area contributed by atoms with Crippen molar-refractivity contribution in [2.75, 3.05) is 13.7 Å². The van der Waals surface area contributed by atoms with Gasteiger partial charge in [0.2, 0.25) is 0 Å². The molecule has 108 valence electrons. The maximum absolute atomic E-state index is 11.7. The average molecular weight is 276 g/mol. The molecule has 4 heteroatoms. The van der Waals surface area contributed by atoms with Crippen molar-refractivity contribution in [1.29, 1.82) is 0 Å². The van der Waals surface area contributed by atoms with Crippen LogP contribution in [0.15, 0.2) is 18.2 Å². The van der Waals surface area contributed by atoms with Crippen molar-refractivity contribution in [1.82, 2.24) is 0 Å². The van der Waals surface area contributed by atoms with Crippen LogP contribution < -0.4 is 4.74 Å². The fourth-order valence-electron chi connectivity index (χ4n) is 2.58. The number of methoxy groups -OCH3 is 1. The fourth-order valence-corrected chi connectivity index (χ4v) is 2.58. The Morgan fingerprint density at radius 3 is 2.70 bits per heavy atom. The highest BCUT2D eigenvalue weighted by Crippen LogP contribution is 2.26. The Hall–Kier alpha value is -1.84. The maximum Gasteiger partial charge on any atom is 0.341 e. The van der Waals surface area contributed by atoms with E-state index < -0.39 is 5.97 Å². The molecule has 4 nitrogen and oxygen atoms in total. The largest absolute Gasteiger partial charge is 0.492 e. The summed E-state index contributed by atoms with van der Waals surface area (Å²) >= 11 is 0. The zero-order valence-electron chi connectivity index (χ0n) is 11.8. The molecule has 0 aliphatic heterocycles. The van der Waals surface area contributed by atoms with Crippen LogP contribution in [0.2, 0.25) is 0 Å². The molecule has 1 fully saturated rings. The number of ether oxygens (including phenoxy) is 2. The van der Waals surface area contributed by atoms with Gasteiger partial charge in [0, 0.05) is 5.56 Å². The van der Waals surface area contributed by atoms with Gasteiger partial charge in [0.1, 0.15) is 17.6 Å². The van der Waals surface area contributed by atoms with Gasteiger partial charge in [-0.3, -0.25) is 4.79 Å². The van der Waals surface area contributed by atoms with E-state index in [9.17, 15) is 9.59 Å². The summed E-state index contributed by atoms with van der Waals surface area (Å²) in [6, 6.07) is 4.82. The number of rotatable bonds is 5. The first-order valence-electron chi connectivity index (χ1n) is 7.05. The second-order valence-corrected chi connectivity index (χ2v) is 5.18. The van der Waals surface area contributed by atoms with E-state index in [4.69, 9.17) is 9.47 Å². The van der Waals surface area contributed by atoms with Crippen molar-refractivity contribution >= 4 is 12.3 Å². The normalized spacial score (nSPS) is 15.7. The second kappa shape index (κ2) is 7.08. The van der Waals surface area contributed by atoms with Gasteiger partial charge in [-0.1, -0.05) is 19.3 Å². The highest BCUT2D eigenvalue weighted by molar-refractivity contribution is 5.94. The van der Waals surface area contributed by atoms with E-state index in [1.807, 2.05) is 0 Å². The lowest BCUT2D eigenvalue weighted by Gasteiger charge is -2.22. The van der Waals surface area contributed by atoms with Gasteiger partial charge in [-0.05, 0) is 37.0 Å². The van der Waals surface area contributed by atoms with E-state index in [0.29, 0.717) is 35.7 Å². The van der Waals surface area contributed by atoms with Crippen LogP contribution in [0.3, 0.4) is 0 Å². The quantitative estimate of drug-likeness (QED) is 0.612. The van der Waals surface area contributed by atoms with E-state index >= 15 is 0 Å². The summed E-state index contributed by atoms with van der Waals surface area (Å²) in [5.41, 5.74) is 0.753. The molecule has 2 rings (SSSR count). The molecule has 0 spiro atoms. The monoisotopic (exact) mass is 276 g/mol. The Kier molecular flexibility index (Phi) is 5.16. The molecule has 0 N–H and O–H groups in total. The Morgan fingerprint density at radius 2 is 2.05 bits per heavy atom. The van der Waals surface area contributed by atoms with Gasteiger partial charge in [0.05, 0.1) is 13.7 Å². The van der Waals surface area contributed by atoms with Gasteiger partial charge in [-0.2, -0.15) is 0 Å². The minimum atomic E-state index is -0.479. The Morgan fingerprint density at radius 1 is 1.30 bits per heavy atom. The van der Waals surface area contributed by atoms with Crippen molar-refractivity contribution in [2.24, 2.45) is 5.92 Å². The summed E-state index contributed by atoms with van der Waals surface area (Å²) in [5, 5.41) is 0. The lowest BCUT2D eigenvalue weighted by Crippen LogP contribution is -2.16. The lowest BCUT2D eigenvalue weighted by molar-refractivity contribution is 0.0594. The highest BCUT2D eigenvalue weighted by Gasteiger charge is 2.17. The van der Waals surface area contributed by atoms with Gasteiger partial charge >= 0.3 is 5.97 Å². The molecular formula is C16H20O4. The Labute approximate surface area is 119 Å². The van der Waals surface area contributed by atoms with E-state index in [-0.39, 0.29) is 0 Å². The standard InChI is InChI=1S/C16H20O4/c1-19-16(18)14-9-13(10-17)7-8-15(14)20-11-12-5-3-2-4-6-12/h7-10,12H,2-6,11H2,1H3. The van der Waals surface area contributed by atoms with Crippen molar-refractivity contribution in [2.45, 2.75) is 32.1 Å². The fraction of sp³-hybridized carbons (Fsp3) is 0.500. The predicted octanol–water partition coefficient (Wildman–Crippen LogP) is 3.24. The number of carbonyl (C=O) groups is 2. The van der Waals surface area contributed by atoms with Crippen LogP contribution in [0.5, 0.6) is 5.75 Å². The molecule has 1 aliphatic carbocycles. The summed E-state index contributed by atoms with van der Waals surface area (Å²) in [6.07, 6.45) is 6.87. The second-order valence-electron chi connectivity index (χ2n) is 5.18. The van der Waals surface area contributed by atoms with Gasteiger partial charge in [-0.15, -0.1) is 0 Å². The molecule has 0 heterocycles. The van der Waals surface area contributed by atoms with E-state index in [2.05, 4.69) is 0 Å². The molecule has 20 heavy (non-hydrogen) atoms. The molecule has 1 aromatic rings. The number of hydrogen-bond acceptors (Lipinski definition) is 4. The van der Waals surface area contributed by atoms with Crippen LogP contribution in [0.4, 0.5) is 0 Å². The zero-order valence-corrected chi connectivity index (χ0v) is 11.8. The molecule has 0 bridgehead atoms. The molecule has 0 radical (unpaired) electrons. The van der Waals surface area contributed by atoms with Crippen LogP contribution in [0, 0.1) is 5.92 Å². The molecule has 0 amide bonds. The van der Waals surface area contributed by atoms with E-state index in [0.717, 1.165) is 0 Å². The lowest BCUT2D eigenvalue weighted by atomic mass is 9.90. The first kappa shape index (κ1) is 14.6. The Bertz CT molecular complexity index is 475. The van der Waals surface area contributed by atoms with E-state index in [1.165, 1.54) is 45.3 Å². The minimum Gasteiger partial charge on any atom is -0.492 e. The third-order valence-corrected chi connectivity index (χ3v) is 3.74. The summed E-state index contributed by atoms with van der Waals surface area (Å²) in [6.45, 7) is 0.616. The highest BCUT2D eigenvalue weighted by atomic mass is 16.5. The SMILES string of the molecule is COC(=O)c1cc(C=O)ccc1OCC1CCCCC1. The predicted molar refractivity (Wildman–Crippen MR) is 75.2 cm³/mol. The molecule has 0 atom stereocenters. The van der Waals surface area contributed by atoms with E-state index in [1.54, 1.807) is 12.1 Å². The van der Waals surface area contributed by atoms with Crippen LogP contribution in [0.25, 0.3) is 0 Å². The summed E-state index contributed by atoms with van der Waals surface area (Å²) in [5.74, 6) is 0.570. The van der Waals surface area contributed by atoms with Crippen molar-refractivity contribution in [3.8, 4) is 5.75 Å². The average Bonchev–Trinajstić information content (AvgIpc) is 2.53. The number of benzene rings is 1. The van der Waals surface area contributed by atoms with Crippen LogP contribution in [-0.4, -0.2) is 26.0 Å². The topological polar surface area (TPSA) is 52.6 Å². The van der Waals surface area contributed by atoms with Crippen molar-refractivity contribution in [3.05, 3.63) is 29.3 Å². The third kappa shape index (κ3) is 3.59. The summed E-state index contributed by atoms with van der Waals surface area (Å²) in [7, 11) is 1.32. The van der Waals surface area contributed by atoms with Gasteiger partial charge in [0.15, 0.2) is 0 Å². The first-order valence-corrected chi connectivity index (χ1v) is 7.05. The van der Waals surface area contributed by atoms with Crippen LogP contribution >= 0.6 is 0 Å². The third-order valence-electron chi connectivity index (χ3n) is 3.74. The van der Waals surface area contributed by atoms with Crippen LogP contribution in [0.1, 0.15) is 52.8 Å².